The maximum atomic E-state index is 12.9. The van der Waals surface area contributed by atoms with Crippen molar-refractivity contribution >= 4 is 34.0 Å². The smallest absolute Gasteiger partial charge is 0.323 e. The van der Waals surface area contributed by atoms with Crippen molar-refractivity contribution in [3.8, 4) is 10.6 Å². The number of rotatable bonds is 2. The fraction of sp³-hybridized carbons (Fsp3) is 0.304. The Hall–Kier alpha value is -3.26. The zero-order chi connectivity index (χ0) is 21.4. The highest BCUT2D eigenvalue weighted by atomic mass is 32.1. The molecule has 2 aromatic heterocycles. The zero-order valence-corrected chi connectivity index (χ0v) is 18.4. The number of benzene rings is 1. The molecule has 1 saturated heterocycles. The first-order valence-corrected chi connectivity index (χ1v) is 11.3. The summed E-state index contributed by atoms with van der Waals surface area (Å²) in [5.74, 6) is 0.552. The van der Waals surface area contributed by atoms with Gasteiger partial charge in [0.25, 0.3) is 0 Å². The molecule has 4 heterocycles. The lowest BCUT2D eigenvalue weighted by molar-refractivity contribution is 0.193. The number of anilines is 1. The maximum absolute atomic E-state index is 12.9. The lowest BCUT2D eigenvalue weighted by Gasteiger charge is -2.36. The monoisotopic (exact) mass is 432 g/mol. The lowest BCUT2D eigenvalue weighted by Crippen LogP contribution is -2.47. The molecule has 7 nitrogen and oxygen atoms in total. The number of nitrogens with zero attached hydrogens (tertiary/aromatic N) is 5. The summed E-state index contributed by atoms with van der Waals surface area (Å²) in [6.45, 7) is 6.22. The molecule has 1 fully saturated rings. The quantitative estimate of drug-likeness (QED) is 0.630. The Balaban J connectivity index is 1.33. The first-order chi connectivity index (χ1) is 15.0. The van der Waals surface area contributed by atoms with Crippen LogP contribution >= 0.6 is 11.3 Å². The summed E-state index contributed by atoms with van der Waals surface area (Å²) < 4.78 is 0. The number of pyridine rings is 1. The molecule has 0 spiro atoms. The van der Waals surface area contributed by atoms with Crippen LogP contribution in [0.4, 0.5) is 10.6 Å². The minimum absolute atomic E-state index is 0.117. The van der Waals surface area contributed by atoms with E-state index in [1.54, 1.807) is 17.5 Å². The third kappa shape index (κ3) is 4.16. The van der Waals surface area contributed by atoms with E-state index in [4.69, 9.17) is 0 Å². The number of hydrogen-bond donors (Lipinski definition) is 1. The highest BCUT2D eigenvalue weighted by Gasteiger charge is 2.24. The second-order valence-electron chi connectivity index (χ2n) is 8.01. The molecule has 2 aliphatic heterocycles. The Morgan fingerprint density at radius 3 is 2.87 bits per heavy atom. The number of aryl methyl sites for hydroxylation is 1. The third-order valence-electron chi connectivity index (χ3n) is 5.64. The van der Waals surface area contributed by atoms with Gasteiger partial charge < -0.3 is 9.80 Å². The van der Waals surface area contributed by atoms with Gasteiger partial charge in [0.05, 0.1) is 6.54 Å². The van der Waals surface area contributed by atoms with Crippen molar-refractivity contribution in [1.29, 1.82) is 0 Å². The minimum atomic E-state index is -0.117. The molecule has 158 valence electrons. The van der Waals surface area contributed by atoms with E-state index >= 15 is 0 Å². The predicted molar refractivity (Wildman–Crippen MR) is 124 cm³/mol. The SMILES string of the molecule is CC1=CN2CCN(C(=O)Nc3cc4cc(-c5nnc(C)s5)ccc4cn3)CC2=CCC1. The first-order valence-electron chi connectivity index (χ1n) is 10.4. The maximum Gasteiger partial charge on any atom is 0.323 e. The Morgan fingerprint density at radius 1 is 1.13 bits per heavy atom. The summed E-state index contributed by atoms with van der Waals surface area (Å²) in [6, 6.07) is 7.91. The van der Waals surface area contributed by atoms with Crippen LogP contribution in [0.3, 0.4) is 0 Å². The number of piperazine rings is 1. The first kappa shape index (κ1) is 19.7. The van der Waals surface area contributed by atoms with Crippen LogP contribution in [0.15, 0.2) is 54.0 Å². The van der Waals surface area contributed by atoms with Crippen molar-refractivity contribution in [3.05, 3.63) is 59.0 Å². The highest BCUT2D eigenvalue weighted by molar-refractivity contribution is 7.14. The molecule has 1 aromatic carbocycles. The predicted octanol–water partition coefficient (Wildman–Crippen LogP) is 4.79. The van der Waals surface area contributed by atoms with Gasteiger partial charge in [-0.2, -0.15) is 0 Å². The van der Waals surface area contributed by atoms with Crippen molar-refractivity contribution in [3.63, 3.8) is 0 Å². The molecule has 5 rings (SSSR count). The lowest BCUT2D eigenvalue weighted by atomic mass is 10.1. The number of hydrogen-bond acceptors (Lipinski definition) is 6. The van der Waals surface area contributed by atoms with Gasteiger partial charge in [0.15, 0.2) is 0 Å². The molecule has 2 amide bonds. The van der Waals surface area contributed by atoms with E-state index in [9.17, 15) is 4.79 Å². The van der Waals surface area contributed by atoms with E-state index in [1.807, 2.05) is 30.0 Å². The van der Waals surface area contributed by atoms with Gasteiger partial charge in [-0.1, -0.05) is 35.1 Å². The fourth-order valence-corrected chi connectivity index (χ4v) is 4.67. The van der Waals surface area contributed by atoms with E-state index in [0.29, 0.717) is 18.9 Å². The topological polar surface area (TPSA) is 74.2 Å². The van der Waals surface area contributed by atoms with Gasteiger partial charge >= 0.3 is 6.03 Å². The van der Waals surface area contributed by atoms with Crippen LogP contribution in [0.5, 0.6) is 0 Å². The van der Waals surface area contributed by atoms with Gasteiger partial charge in [0.2, 0.25) is 0 Å². The van der Waals surface area contributed by atoms with Gasteiger partial charge in [0, 0.05) is 42.1 Å². The number of aromatic nitrogens is 3. The molecule has 8 heteroatoms. The van der Waals surface area contributed by atoms with Crippen LogP contribution < -0.4 is 5.32 Å². The molecule has 0 radical (unpaired) electrons. The summed E-state index contributed by atoms with van der Waals surface area (Å²) in [5, 5.41) is 15.2. The van der Waals surface area contributed by atoms with Crippen LogP contribution in [0.1, 0.15) is 24.8 Å². The van der Waals surface area contributed by atoms with E-state index < -0.39 is 0 Å². The summed E-state index contributed by atoms with van der Waals surface area (Å²) in [7, 11) is 0. The molecule has 0 aliphatic carbocycles. The molecule has 0 bridgehead atoms. The number of urea groups is 1. The van der Waals surface area contributed by atoms with E-state index in [-0.39, 0.29) is 6.03 Å². The van der Waals surface area contributed by atoms with Crippen molar-refractivity contribution in [2.24, 2.45) is 0 Å². The molecule has 0 unspecified atom stereocenters. The van der Waals surface area contributed by atoms with Crippen LogP contribution in [-0.2, 0) is 0 Å². The van der Waals surface area contributed by atoms with Gasteiger partial charge in [-0.25, -0.2) is 9.78 Å². The zero-order valence-electron chi connectivity index (χ0n) is 17.6. The van der Waals surface area contributed by atoms with Gasteiger partial charge in [-0.05, 0) is 44.2 Å². The van der Waals surface area contributed by atoms with E-state index in [1.165, 1.54) is 11.3 Å². The standard InChI is InChI=1S/C23H24N6OS/c1-15-4-3-5-20-14-29(9-8-28(20)13-15)23(30)25-21-11-19-10-17(6-7-18(19)12-24-21)22-27-26-16(2)31-22/h5-7,10-13H,3-4,8-9,14H2,1-2H3,(H,24,25,30). The normalized spacial score (nSPS) is 16.5. The Kier molecular flexibility index (Phi) is 5.15. The Labute approximate surface area is 185 Å². The van der Waals surface area contributed by atoms with Crippen molar-refractivity contribution in [2.45, 2.75) is 26.7 Å². The molecule has 0 saturated carbocycles. The van der Waals surface area contributed by atoms with Crippen molar-refractivity contribution < 1.29 is 4.79 Å². The third-order valence-corrected chi connectivity index (χ3v) is 6.53. The van der Waals surface area contributed by atoms with Crippen molar-refractivity contribution in [1.82, 2.24) is 25.0 Å². The number of allylic oxidation sites excluding steroid dienone is 2. The largest absolute Gasteiger partial charge is 0.348 e. The average molecular weight is 433 g/mol. The summed E-state index contributed by atoms with van der Waals surface area (Å²) in [4.78, 5) is 21.5. The Morgan fingerprint density at radius 2 is 2.03 bits per heavy atom. The number of carbonyl (C=O) groups excluding carboxylic acids is 1. The summed E-state index contributed by atoms with van der Waals surface area (Å²) in [5.41, 5.74) is 3.59. The van der Waals surface area contributed by atoms with E-state index in [2.05, 4.69) is 50.7 Å². The number of carbonyl (C=O) groups is 1. The highest BCUT2D eigenvalue weighted by Crippen LogP contribution is 2.28. The van der Waals surface area contributed by atoms with Gasteiger partial charge in [-0.15, -0.1) is 10.2 Å². The number of amides is 2. The number of nitrogens with one attached hydrogen (secondary N) is 1. The van der Waals surface area contributed by atoms with Gasteiger partial charge in [-0.3, -0.25) is 5.32 Å². The van der Waals surface area contributed by atoms with Crippen LogP contribution in [0.2, 0.25) is 0 Å². The Bertz CT molecular complexity index is 1210. The number of fused-ring (bicyclic) bond motifs is 2. The summed E-state index contributed by atoms with van der Waals surface area (Å²) >= 11 is 1.57. The molecule has 31 heavy (non-hydrogen) atoms. The van der Waals surface area contributed by atoms with Crippen LogP contribution in [-0.4, -0.2) is 50.6 Å². The molecule has 2 aliphatic rings. The van der Waals surface area contributed by atoms with Crippen LogP contribution in [0, 0.1) is 6.92 Å². The molecular weight excluding hydrogens is 408 g/mol. The molecule has 3 aromatic rings. The molecular formula is C23H24N6OS. The van der Waals surface area contributed by atoms with Gasteiger partial charge in [0.1, 0.15) is 15.8 Å². The second kappa shape index (κ2) is 8.11. The minimum Gasteiger partial charge on any atom is -0.348 e. The molecule has 0 atom stereocenters. The molecule has 1 N–H and O–H groups in total. The average Bonchev–Trinajstić information content (AvgIpc) is 3.11. The van der Waals surface area contributed by atoms with E-state index in [0.717, 1.165) is 45.7 Å². The second-order valence-corrected chi connectivity index (χ2v) is 9.19. The van der Waals surface area contributed by atoms with Crippen LogP contribution in [0.25, 0.3) is 21.3 Å². The summed E-state index contributed by atoms with van der Waals surface area (Å²) in [6.07, 6.45) is 8.35. The fourth-order valence-electron chi connectivity index (χ4n) is 3.98. The van der Waals surface area contributed by atoms with Crippen molar-refractivity contribution in [2.75, 3.05) is 25.0 Å².